The van der Waals surface area contributed by atoms with Gasteiger partial charge in [0.15, 0.2) is 4.33 Å². The van der Waals surface area contributed by atoms with Gasteiger partial charge < -0.3 is 0 Å². The van der Waals surface area contributed by atoms with E-state index >= 15 is 0 Å². The van der Waals surface area contributed by atoms with Crippen LogP contribution < -0.4 is 0 Å². The lowest BCUT2D eigenvalue weighted by Gasteiger charge is -2.29. The summed E-state index contributed by atoms with van der Waals surface area (Å²) in [5.41, 5.74) is 2.35. The van der Waals surface area contributed by atoms with Gasteiger partial charge in [-0.1, -0.05) is 46.4 Å². The summed E-state index contributed by atoms with van der Waals surface area (Å²) >= 11 is 30.8. The smallest absolute Gasteiger partial charge is 0.161 e. The summed E-state index contributed by atoms with van der Waals surface area (Å²) in [7, 11) is 0. The van der Waals surface area contributed by atoms with E-state index in [-0.39, 0.29) is 5.38 Å². The van der Waals surface area contributed by atoms with Gasteiger partial charge in [0.25, 0.3) is 0 Å². The molecule has 2 aromatic rings. The molecule has 1 unspecified atom stereocenters. The van der Waals surface area contributed by atoms with Crippen LogP contribution in [0.15, 0.2) is 12.1 Å². The topological polar surface area (TPSA) is 25.8 Å². The molecule has 0 spiro atoms. The molecule has 1 heterocycles. The van der Waals surface area contributed by atoms with E-state index < -0.39 is 4.33 Å². The average molecular weight is 356 g/mol. The van der Waals surface area contributed by atoms with E-state index in [4.69, 9.17) is 58.0 Å². The van der Waals surface area contributed by atoms with Gasteiger partial charge in [0, 0.05) is 0 Å². The second kappa shape index (κ2) is 4.78. The molecular formula is C12H7Cl5N2. The van der Waals surface area contributed by atoms with Crippen molar-refractivity contribution in [3.8, 4) is 0 Å². The molecule has 0 saturated heterocycles. The number of fused-ring (bicyclic) bond motifs is 2. The summed E-state index contributed by atoms with van der Waals surface area (Å²) in [5, 5.41) is 0.594. The van der Waals surface area contributed by atoms with Crippen LogP contribution in [0.25, 0.3) is 11.0 Å². The molecule has 1 aliphatic carbocycles. The molecule has 0 amide bonds. The van der Waals surface area contributed by atoms with Crippen molar-refractivity contribution in [1.29, 1.82) is 0 Å². The zero-order valence-electron chi connectivity index (χ0n) is 9.43. The van der Waals surface area contributed by atoms with Crippen molar-refractivity contribution >= 4 is 69.0 Å². The van der Waals surface area contributed by atoms with E-state index in [9.17, 15) is 0 Å². The maximum absolute atomic E-state index is 6.28. The third-order valence-corrected chi connectivity index (χ3v) is 4.97. The van der Waals surface area contributed by atoms with Crippen molar-refractivity contribution in [2.75, 3.05) is 0 Å². The van der Waals surface area contributed by atoms with Crippen molar-refractivity contribution in [2.24, 2.45) is 0 Å². The summed E-state index contributed by atoms with van der Waals surface area (Å²) in [6.07, 6.45) is 1.20. The van der Waals surface area contributed by atoms with Crippen LogP contribution in [-0.2, 0) is 4.33 Å². The number of benzene rings is 1. The third kappa shape index (κ3) is 2.38. The zero-order valence-corrected chi connectivity index (χ0v) is 13.2. The lowest BCUT2D eigenvalue weighted by molar-refractivity contribution is 0.584. The maximum Gasteiger partial charge on any atom is 0.161 e. The van der Waals surface area contributed by atoms with Crippen molar-refractivity contribution in [3.63, 3.8) is 0 Å². The molecule has 19 heavy (non-hydrogen) atoms. The quantitative estimate of drug-likeness (QED) is 0.571. The first kappa shape index (κ1) is 14.0. The Morgan fingerprint density at radius 2 is 1.63 bits per heavy atom. The minimum atomic E-state index is -1.06. The Morgan fingerprint density at radius 1 is 1.05 bits per heavy atom. The largest absolute Gasteiger partial charge is 0.248 e. The first-order valence-corrected chi connectivity index (χ1v) is 7.52. The minimum absolute atomic E-state index is 0.244. The highest BCUT2D eigenvalue weighted by atomic mass is 35.5. The molecule has 3 rings (SSSR count). The van der Waals surface area contributed by atoms with Gasteiger partial charge in [-0.15, -0.1) is 11.6 Å². The van der Waals surface area contributed by atoms with Crippen LogP contribution in [0.5, 0.6) is 0 Å². The van der Waals surface area contributed by atoms with Crippen LogP contribution in [0.3, 0.4) is 0 Å². The molecule has 100 valence electrons. The van der Waals surface area contributed by atoms with E-state index in [1.165, 1.54) is 0 Å². The second-order valence-corrected chi connectivity index (χ2v) is 7.25. The van der Waals surface area contributed by atoms with Crippen LogP contribution in [0, 0.1) is 0 Å². The predicted molar refractivity (Wildman–Crippen MR) is 80.8 cm³/mol. The van der Waals surface area contributed by atoms with Gasteiger partial charge in [0.2, 0.25) is 0 Å². The highest BCUT2D eigenvalue weighted by Gasteiger charge is 2.39. The second-order valence-electron chi connectivity index (χ2n) is 4.42. The number of aromatic nitrogens is 2. The summed E-state index contributed by atoms with van der Waals surface area (Å²) in [6, 6.07) is 3.31. The van der Waals surface area contributed by atoms with Gasteiger partial charge in [0.1, 0.15) is 5.69 Å². The van der Waals surface area contributed by atoms with Gasteiger partial charge in [0.05, 0.1) is 32.1 Å². The fourth-order valence-corrected chi connectivity index (χ4v) is 3.19. The Kier molecular flexibility index (Phi) is 3.52. The molecule has 1 aromatic heterocycles. The normalized spacial score (nSPS) is 21.4. The number of halogens is 5. The molecule has 0 saturated carbocycles. The van der Waals surface area contributed by atoms with Crippen molar-refractivity contribution in [1.82, 2.24) is 9.97 Å². The summed E-state index contributed by atoms with van der Waals surface area (Å²) in [6.45, 7) is 0. The number of hydrogen-bond donors (Lipinski definition) is 0. The fraction of sp³-hybridized carbons (Fsp3) is 0.333. The zero-order chi connectivity index (χ0) is 13.8. The molecule has 0 N–H and O–H groups in total. The molecule has 1 atom stereocenters. The van der Waals surface area contributed by atoms with E-state index in [1.54, 1.807) is 12.1 Å². The highest BCUT2D eigenvalue weighted by Crippen LogP contribution is 2.48. The van der Waals surface area contributed by atoms with Crippen LogP contribution in [0.4, 0.5) is 0 Å². The van der Waals surface area contributed by atoms with Gasteiger partial charge in [-0.25, -0.2) is 9.97 Å². The van der Waals surface area contributed by atoms with Crippen LogP contribution >= 0.6 is 58.0 Å². The van der Waals surface area contributed by atoms with Crippen molar-refractivity contribution < 1.29 is 0 Å². The van der Waals surface area contributed by atoms with Crippen LogP contribution in [0.2, 0.25) is 10.0 Å². The summed E-state index contributed by atoms with van der Waals surface area (Å²) in [5.74, 6) is 0. The molecule has 0 aliphatic heterocycles. The van der Waals surface area contributed by atoms with Crippen LogP contribution in [-0.4, -0.2) is 9.97 Å². The van der Waals surface area contributed by atoms with Crippen molar-refractivity contribution in [3.05, 3.63) is 33.6 Å². The molecular weight excluding hydrogens is 349 g/mol. The number of hydrogen-bond acceptors (Lipinski definition) is 2. The molecule has 7 heteroatoms. The minimum Gasteiger partial charge on any atom is -0.248 e. The SMILES string of the molecule is Clc1cc2nc3c(nc2cc1Cl)C(Cl)(Cl)CCC3Cl. The summed E-state index contributed by atoms with van der Waals surface area (Å²) < 4.78 is -1.06. The molecule has 1 aromatic carbocycles. The molecule has 0 fully saturated rings. The first-order chi connectivity index (χ1) is 8.88. The maximum atomic E-state index is 6.28. The van der Waals surface area contributed by atoms with Crippen LogP contribution in [0.1, 0.15) is 29.6 Å². The fourth-order valence-electron chi connectivity index (χ4n) is 2.12. The average Bonchev–Trinajstić information content (AvgIpc) is 2.35. The predicted octanol–water partition coefficient (Wildman–Crippen LogP) is 5.64. The standard InChI is InChI=1S/C12H7Cl5N2/c13-5-1-2-12(16,17)11-10(5)18-8-3-6(14)7(15)4-9(8)19-11/h3-5H,1-2H2. The van der Waals surface area contributed by atoms with E-state index in [1.807, 2.05) is 0 Å². The Hall–Kier alpha value is 0.0100. The first-order valence-electron chi connectivity index (χ1n) is 5.57. The van der Waals surface area contributed by atoms with Gasteiger partial charge in [-0.2, -0.15) is 0 Å². The number of alkyl halides is 3. The van der Waals surface area contributed by atoms with E-state index in [2.05, 4.69) is 9.97 Å². The Morgan fingerprint density at radius 3 is 2.26 bits per heavy atom. The number of rotatable bonds is 0. The number of nitrogens with zero attached hydrogens (tertiary/aromatic N) is 2. The lowest BCUT2D eigenvalue weighted by Crippen LogP contribution is -2.23. The van der Waals surface area contributed by atoms with Crippen molar-refractivity contribution in [2.45, 2.75) is 22.6 Å². The molecule has 0 radical (unpaired) electrons. The van der Waals surface area contributed by atoms with E-state index in [0.29, 0.717) is 45.3 Å². The Bertz CT molecular complexity index is 671. The van der Waals surface area contributed by atoms with Gasteiger partial charge >= 0.3 is 0 Å². The molecule has 0 bridgehead atoms. The Balaban J connectivity index is 2.32. The monoisotopic (exact) mass is 354 g/mol. The highest BCUT2D eigenvalue weighted by molar-refractivity contribution is 6.48. The summed E-state index contributed by atoms with van der Waals surface area (Å²) in [4.78, 5) is 8.95. The molecule has 2 nitrogen and oxygen atoms in total. The van der Waals surface area contributed by atoms with E-state index in [0.717, 1.165) is 0 Å². The third-order valence-electron chi connectivity index (χ3n) is 3.09. The Labute approximate surface area is 135 Å². The molecule has 1 aliphatic rings. The van der Waals surface area contributed by atoms with Gasteiger partial charge in [-0.3, -0.25) is 0 Å². The lowest BCUT2D eigenvalue weighted by atomic mass is 9.98. The van der Waals surface area contributed by atoms with Gasteiger partial charge in [-0.05, 0) is 25.0 Å².